The maximum atomic E-state index is 6.03. The molecule has 3 heteroatoms. The van der Waals surface area contributed by atoms with Gasteiger partial charge in [0.2, 0.25) is 0 Å². The molecule has 0 unspecified atom stereocenters. The van der Waals surface area contributed by atoms with E-state index in [1.165, 1.54) is 38.9 Å². The summed E-state index contributed by atoms with van der Waals surface area (Å²) in [4.78, 5) is 1.71. The monoisotopic (exact) mass is 312 g/mol. The van der Waals surface area contributed by atoms with Crippen molar-refractivity contribution in [1.82, 2.24) is 0 Å². The molecule has 1 rings (SSSR count). The largest absolute Gasteiger partial charge is 0.493 e. The molecule has 0 bridgehead atoms. The highest BCUT2D eigenvalue weighted by Crippen LogP contribution is 2.27. The fourth-order valence-corrected chi connectivity index (χ4v) is 3.06. The van der Waals surface area contributed by atoms with E-state index in [-0.39, 0.29) is 0 Å². The molecular weight excluding hydrogens is 282 g/mol. The number of ether oxygens (including phenoxy) is 1. The van der Waals surface area contributed by atoms with E-state index in [0.29, 0.717) is 0 Å². The Morgan fingerprint density at radius 3 is 2.10 bits per heavy atom. The van der Waals surface area contributed by atoms with E-state index in [4.69, 9.17) is 16.3 Å². The normalized spacial score (nSPS) is 11.1. The number of hydrogen-bond acceptors (Lipinski definition) is 1. The summed E-state index contributed by atoms with van der Waals surface area (Å²) in [6.07, 6.45) is 5.03. The van der Waals surface area contributed by atoms with Crippen LogP contribution in [0.25, 0.3) is 0 Å². The Labute approximate surface area is 135 Å². The van der Waals surface area contributed by atoms with Crippen LogP contribution >= 0.6 is 11.6 Å². The van der Waals surface area contributed by atoms with E-state index < -0.39 is 0 Å². The number of hydrogen-bond donors (Lipinski definition) is 1. The van der Waals surface area contributed by atoms with Crippen molar-refractivity contribution in [3.63, 3.8) is 0 Å². The molecule has 120 valence electrons. The average molecular weight is 313 g/mol. The molecule has 2 nitrogen and oxygen atoms in total. The topological polar surface area (TPSA) is 13.7 Å². The summed E-state index contributed by atoms with van der Waals surface area (Å²) in [6, 6.07) is 3.94. The summed E-state index contributed by atoms with van der Waals surface area (Å²) in [7, 11) is 0. The van der Waals surface area contributed by atoms with Crippen LogP contribution in [-0.2, 0) is 0 Å². The van der Waals surface area contributed by atoms with E-state index >= 15 is 0 Å². The third-order valence-electron chi connectivity index (χ3n) is 4.10. The fourth-order valence-electron chi connectivity index (χ4n) is 2.73. The van der Waals surface area contributed by atoms with Gasteiger partial charge >= 0.3 is 0 Å². The first-order valence-electron chi connectivity index (χ1n) is 8.31. The molecule has 0 fully saturated rings. The predicted octanol–water partition coefficient (Wildman–Crippen LogP) is 3.82. The summed E-state index contributed by atoms with van der Waals surface area (Å²) < 4.78 is 5.93. The molecule has 0 saturated carbocycles. The summed E-state index contributed by atoms with van der Waals surface area (Å²) >= 11 is 6.03. The van der Waals surface area contributed by atoms with Crippen molar-refractivity contribution < 1.29 is 9.64 Å². The zero-order chi connectivity index (χ0) is 15.7. The Morgan fingerprint density at radius 1 is 0.952 bits per heavy atom. The van der Waals surface area contributed by atoms with Crippen LogP contribution in [0.5, 0.6) is 5.75 Å². The fraction of sp³-hybridized carbons (Fsp3) is 0.667. The van der Waals surface area contributed by atoms with E-state index in [9.17, 15) is 0 Å². The maximum absolute atomic E-state index is 6.03. The molecule has 1 aromatic rings. The van der Waals surface area contributed by atoms with Crippen LogP contribution in [0.4, 0.5) is 0 Å². The molecule has 0 aliphatic rings. The van der Waals surface area contributed by atoms with Crippen LogP contribution in [0.15, 0.2) is 12.1 Å². The molecular formula is C18H31ClNO+. The van der Waals surface area contributed by atoms with Crippen molar-refractivity contribution >= 4 is 11.6 Å². The SMILES string of the molecule is CC[NH+](CC)CCCCCCOc1c(C)cc(Cl)cc1C. The number of aryl methyl sites for hydroxylation is 2. The van der Waals surface area contributed by atoms with Gasteiger partial charge in [0.05, 0.1) is 26.2 Å². The zero-order valence-electron chi connectivity index (χ0n) is 14.1. The molecule has 0 atom stereocenters. The second kappa shape index (κ2) is 10.1. The Hall–Kier alpha value is -0.730. The quantitative estimate of drug-likeness (QED) is 0.648. The Kier molecular flexibility index (Phi) is 8.79. The minimum atomic E-state index is 0.788. The van der Waals surface area contributed by atoms with Gasteiger partial charge in [0.25, 0.3) is 0 Å². The molecule has 0 heterocycles. The van der Waals surface area contributed by atoms with Gasteiger partial charge in [-0.15, -0.1) is 0 Å². The summed E-state index contributed by atoms with van der Waals surface area (Å²) in [6.45, 7) is 13.3. The Morgan fingerprint density at radius 2 is 1.52 bits per heavy atom. The van der Waals surface area contributed by atoms with Gasteiger partial charge in [-0.1, -0.05) is 11.6 Å². The smallest absolute Gasteiger partial charge is 0.125 e. The van der Waals surface area contributed by atoms with Gasteiger partial charge in [-0.25, -0.2) is 0 Å². The molecule has 0 radical (unpaired) electrons. The first-order valence-corrected chi connectivity index (χ1v) is 8.69. The molecule has 0 aliphatic heterocycles. The minimum absolute atomic E-state index is 0.788. The molecule has 0 amide bonds. The first kappa shape index (κ1) is 18.3. The van der Waals surface area contributed by atoms with E-state index in [1.54, 1.807) is 4.90 Å². The standard InChI is InChI=1S/C18H30ClNO/c1-5-20(6-2)11-9-7-8-10-12-21-18-15(3)13-17(19)14-16(18)4/h13-14H,5-12H2,1-4H3/p+1. The van der Waals surface area contributed by atoms with Crippen molar-refractivity contribution in [1.29, 1.82) is 0 Å². The van der Waals surface area contributed by atoms with Crippen molar-refractivity contribution in [2.24, 2.45) is 0 Å². The van der Waals surface area contributed by atoms with Crippen LogP contribution < -0.4 is 9.64 Å². The second-order valence-corrected chi connectivity index (χ2v) is 6.27. The van der Waals surface area contributed by atoms with Gasteiger partial charge in [-0.05, 0) is 76.6 Å². The van der Waals surface area contributed by atoms with Gasteiger partial charge in [-0.3, -0.25) is 0 Å². The average Bonchev–Trinajstić information content (AvgIpc) is 2.44. The van der Waals surface area contributed by atoms with Crippen LogP contribution in [0.3, 0.4) is 0 Å². The highest BCUT2D eigenvalue weighted by Gasteiger charge is 2.06. The van der Waals surface area contributed by atoms with Crippen LogP contribution in [0.1, 0.15) is 50.7 Å². The highest BCUT2D eigenvalue weighted by molar-refractivity contribution is 6.30. The Bertz CT molecular complexity index is 393. The van der Waals surface area contributed by atoms with Gasteiger partial charge in [-0.2, -0.15) is 0 Å². The summed E-state index contributed by atoms with van der Waals surface area (Å²) in [5, 5.41) is 0.788. The molecule has 0 saturated heterocycles. The van der Waals surface area contributed by atoms with Crippen molar-refractivity contribution in [2.75, 3.05) is 26.2 Å². The van der Waals surface area contributed by atoms with Crippen LogP contribution in [-0.4, -0.2) is 26.2 Å². The van der Waals surface area contributed by atoms with E-state index in [0.717, 1.165) is 34.9 Å². The van der Waals surface area contributed by atoms with Crippen LogP contribution in [0, 0.1) is 13.8 Å². The second-order valence-electron chi connectivity index (χ2n) is 5.84. The predicted molar refractivity (Wildman–Crippen MR) is 91.8 cm³/mol. The van der Waals surface area contributed by atoms with E-state index in [1.807, 2.05) is 12.1 Å². The van der Waals surface area contributed by atoms with Gasteiger partial charge < -0.3 is 9.64 Å². The van der Waals surface area contributed by atoms with Crippen molar-refractivity contribution in [3.8, 4) is 5.75 Å². The molecule has 1 N–H and O–H groups in total. The number of nitrogens with one attached hydrogen (secondary N) is 1. The number of quaternary nitrogens is 1. The summed E-state index contributed by atoms with van der Waals surface area (Å²) in [5.41, 5.74) is 2.26. The van der Waals surface area contributed by atoms with E-state index in [2.05, 4.69) is 27.7 Å². The lowest BCUT2D eigenvalue weighted by Gasteiger charge is -2.15. The lowest BCUT2D eigenvalue weighted by atomic mass is 10.1. The summed E-state index contributed by atoms with van der Waals surface area (Å²) in [5.74, 6) is 1.01. The molecule has 21 heavy (non-hydrogen) atoms. The van der Waals surface area contributed by atoms with Gasteiger partial charge in [0.15, 0.2) is 0 Å². The zero-order valence-corrected chi connectivity index (χ0v) is 14.9. The molecule has 0 aromatic heterocycles. The number of benzene rings is 1. The number of halogens is 1. The maximum Gasteiger partial charge on any atom is 0.125 e. The first-order chi connectivity index (χ1) is 10.1. The molecule has 0 spiro atoms. The highest BCUT2D eigenvalue weighted by atomic mass is 35.5. The van der Waals surface area contributed by atoms with Crippen LogP contribution in [0.2, 0.25) is 5.02 Å². The molecule has 1 aromatic carbocycles. The van der Waals surface area contributed by atoms with Gasteiger partial charge in [0, 0.05) is 5.02 Å². The van der Waals surface area contributed by atoms with Crippen molar-refractivity contribution in [2.45, 2.75) is 53.4 Å². The molecule has 0 aliphatic carbocycles. The Balaban J connectivity index is 2.18. The van der Waals surface area contributed by atoms with Gasteiger partial charge in [0.1, 0.15) is 5.75 Å². The third-order valence-corrected chi connectivity index (χ3v) is 4.31. The number of rotatable bonds is 10. The lowest BCUT2D eigenvalue weighted by Crippen LogP contribution is -3.11. The third kappa shape index (κ3) is 6.71. The van der Waals surface area contributed by atoms with Crippen molar-refractivity contribution in [3.05, 3.63) is 28.3 Å². The minimum Gasteiger partial charge on any atom is -0.493 e. The lowest BCUT2D eigenvalue weighted by molar-refractivity contribution is -0.896. The number of unbranched alkanes of at least 4 members (excludes halogenated alkanes) is 3.